The zero-order chi connectivity index (χ0) is 22.0. The second-order valence-corrected chi connectivity index (χ2v) is 9.01. The molecule has 2 aromatic carbocycles. The molecule has 8 nitrogen and oxygen atoms in total. The van der Waals surface area contributed by atoms with Gasteiger partial charge in [-0.1, -0.05) is 48.0 Å². The highest BCUT2D eigenvalue weighted by molar-refractivity contribution is 7.85. The summed E-state index contributed by atoms with van der Waals surface area (Å²) in [6, 6.07) is 15.5. The molecule has 31 heavy (non-hydrogen) atoms. The Morgan fingerprint density at radius 1 is 1.13 bits per heavy atom. The number of fused-ring (bicyclic) bond motifs is 1. The largest absolute Gasteiger partial charge is 0.453 e. The van der Waals surface area contributed by atoms with Gasteiger partial charge in [-0.3, -0.25) is 4.21 Å². The minimum atomic E-state index is -1.67. The van der Waals surface area contributed by atoms with Crippen LogP contribution in [-0.2, 0) is 29.7 Å². The van der Waals surface area contributed by atoms with Crippen LogP contribution in [0.4, 0.5) is 4.79 Å². The number of nitrogens with one attached hydrogen (secondary N) is 1. The minimum Gasteiger partial charge on any atom is -0.453 e. The Morgan fingerprint density at radius 2 is 1.84 bits per heavy atom. The van der Waals surface area contributed by atoms with Crippen molar-refractivity contribution in [1.29, 1.82) is 0 Å². The van der Waals surface area contributed by atoms with Gasteiger partial charge in [0.05, 0.1) is 30.6 Å². The molecule has 166 valence electrons. The van der Waals surface area contributed by atoms with Gasteiger partial charge >= 0.3 is 6.09 Å². The predicted molar refractivity (Wildman–Crippen MR) is 112 cm³/mol. The molecule has 0 aromatic heterocycles. The van der Waals surface area contributed by atoms with E-state index in [-0.39, 0.29) is 6.61 Å². The van der Waals surface area contributed by atoms with Crippen LogP contribution in [-0.4, -0.2) is 58.9 Å². The molecule has 0 radical (unpaired) electrons. The lowest BCUT2D eigenvalue weighted by molar-refractivity contribution is -0.306. The van der Waals surface area contributed by atoms with Gasteiger partial charge in [-0.2, -0.15) is 0 Å². The molecule has 2 fully saturated rings. The Balaban J connectivity index is 1.58. The topological polar surface area (TPSA) is 103 Å². The van der Waals surface area contributed by atoms with Crippen LogP contribution in [0.3, 0.4) is 0 Å². The first kappa shape index (κ1) is 21.9. The average Bonchev–Trinajstić information content (AvgIpc) is 2.81. The van der Waals surface area contributed by atoms with Gasteiger partial charge in [-0.15, -0.1) is 0 Å². The van der Waals surface area contributed by atoms with E-state index in [1.54, 1.807) is 12.1 Å². The molecule has 9 heteroatoms. The van der Waals surface area contributed by atoms with E-state index in [2.05, 4.69) is 5.32 Å². The van der Waals surface area contributed by atoms with Crippen molar-refractivity contribution in [3.05, 3.63) is 65.7 Å². The molecule has 2 N–H and O–H groups in total. The third kappa shape index (κ3) is 4.65. The van der Waals surface area contributed by atoms with E-state index < -0.39 is 53.0 Å². The van der Waals surface area contributed by atoms with Gasteiger partial charge in [-0.05, 0) is 19.1 Å². The van der Waals surface area contributed by atoms with Crippen molar-refractivity contribution in [1.82, 2.24) is 5.32 Å². The molecule has 2 heterocycles. The second-order valence-electron chi connectivity index (χ2n) is 7.48. The van der Waals surface area contributed by atoms with Crippen molar-refractivity contribution >= 4 is 16.9 Å². The van der Waals surface area contributed by atoms with Gasteiger partial charge in [0.25, 0.3) is 0 Å². The summed E-state index contributed by atoms with van der Waals surface area (Å²) in [5, 5.41) is 13.7. The lowest BCUT2D eigenvalue weighted by Crippen LogP contribution is -2.67. The second kappa shape index (κ2) is 9.46. The van der Waals surface area contributed by atoms with Crippen LogP contribution in [0.2, 0.25) is 0 Å². The van der Waals surface area contributed by atoms with Crippen molar-refractivity contribution in [2.75, 3.05) is 13.7 Å². The number of methoxy groups -OCH3 is 1. The van der Waals surface area contributed by atoms with Gasteiger partial charge in [0.2, 0.25) is 0 Å². The molecule has 0 saturated carbocycles. The van der Waals surface area contributed by atoms with Crippen molar-refractivity contribution in [2.24, 2.45) is 0 Å². The van der Waals surface area contributed by atoms with E-state index >= 15 is 0 Å². The van der Waals surface area contributed by atoms with Gasteiger partial charge in [0, 0.05) is 10.5 Å². The van der Waals surface area contributed by atoms with E-state index in [0.29, 0.717) is 4.90 Å². The summed E-state index contributed by atoms with van der Waals surface area (Å²) < 4.78 is 35.9. The quantitative estimate of drug-likeness (QED) is 0.739. The van der Waals surface area contributed by atoms with E-state index in [9.17, 15) is 14.1 Å². The molecule has 1 amide bonds. The number of amides is 1. The van der Waals surface area contributed by atoms with Crippen LogP contribution in [0.1, 0.15) is 17.4 Å². The fourth-order valence-corrected chi connectivity index (χ4v) is 5.12. The van der Waals surface area contributed by atoms with Crippen molar-refractivity contribution < 1.29 is 33.1 Å². The number of hydrogen-bond acceptors (Lipinski definition) is 7. The number of aliphatic hydroxyl groups is 1. The SMILES string of the molecule is COC(=O)N[C@@H]1[C@@H](O)[C@@H]2O[C@H](c3ccccc3)OC[C@H]2O[C@H]1S(=O)c1ccc(C)cc1. The first-order valence-electron chi connectivity index (χ1n) is 9.95. The molecule has 2 aliphatic rings. The number of aryl methyl sites for hydroxylation is 1. The summed E-state index contributed by atoms with van der Waals surface area (Å²) in [7, 11) is -0.452. The number of aliphatic hydroxyl groups excluding tert-OH is 1. The smallest absolute Gasteiger partial charge is 0.407 e. The van der Waals surface area contributed by atoms with E-state index in [1.807, 2.05) is 49.4 Å². The number of carbonyl (C=O) groups excluding carboxylic acids is 1. The molecule has 0 bridgehead atoms. The van der Waals surface area contributed by atoms with Crippen LogP contribution < -0.4 is 5.32 Å². The lowest BCUT2D eigenvalue weighted by atomic mass is 9.97. The van der Waals surface area contributed by atoms with Crippen LogP contribution in [0, 0.1) is 6.92 Å². The summed E-state index contributed by atoms with van der Waals surface area (Å²) in [6.07, 6.45) is -4.06. The highest BCUT2D eigenvalue weighted by Gasteiger charge is 2.52. The first-order chi connectivity index (χ1) is 15.0. The van der Waals surface area contributed by atoms with Gasteiger partial charge < -0.3 is 29.4 Å². The number of alkyl carbamates (subject to hydrolysis) is 1. The molecule has 2 saturated heterocycles. The van der Waals surface area contributed by atoms with Crippen molar-refractivity contribution in [2.45, 2.75) is 47.9 Å². The molecule has 1 unspecified atom stereocenters. The Morgan fingerprint density at radius 3 is 2.52 bits per heavy atom. The van der Waals surface area contributed by atoms with Crippen molar-refractivity contribution in [3.63, 3.8) is 0 Å². The maximum Gasteiger partial charge on any atom is 0.407 e. The maximum atomic E-state index is 13.3. The zero-order valence-corrected chi connectivity index (χ0v) is 18.0. The number of ether oxygens (including phenoxy) is 4. The summed E-state index contributed by atoms with van der Waals surface area (Å²) in [6.45, 7) is 2.08. The molecule has 2 aromatic rings. The fraction of sp³-hybridized carbons (Fsp3) is 0.409. The fourth-order valence-electron chi connectivity index (χ4n) is 3.71. The monoisotopic (exact) mass is 447 g/mol. The molecule has 0 spiro atoms. The van der Waals surface area contributed by atoms with E-state index in [1.165, 1.54) is 7.11 Å². The Kier molecular flexibility index (Phi) is 6.68. The predicted octanol–water partition coefficient (Wildman–Crippen LogP) is 2.03. The Labute approximate surface area is 182 Å². The van der Waals surface area contributed by atoms with Gasteiger partial charge in [0.15, 0.2) is 11.7 Å². The van der Waals surface area contributed by atoms with Crippen LogP contribution >= 0.6 is 0 Å². The standard InChI is InChI=1S/C22H25NO7S/c1-13-8-10-15(11-9-13)31(26)21-17(23-22(25)27-2)18(24)19-16(29-21)12-28-20(30-19)14-6-4-3-5-7-14/h3-11,16-21,24H,12H2,1-2H3,(H,23,25)/t16-,17-,18-,19-,20-,21+,31?/m1/s1. The molecule has 4 rings (SSSR count). The van der Waals surface area contributed by atoms with Crippen molar-refractivity contribution in [3.8, 4) is 0 Å². The molecular weight excluding hydrogens is 422 g/mol. The maximum absolute atomic E-state index is 13.3. The van der Waals surface area contributed by atoms with Crippen LogP contribution in [0.5, 0.6) is 0 Å². The number of hydrogen-bond donors (Lipinski definition) is 2. The highest BCUT2D eigenvalue weighted by Crippen LogP contribution is 2.35. The van der Waals surface area contributed by atoms with Gasteiger partial charge in [0.1, 0.15) is 18.3 Å². The highest BCUT2D eigenvalue weighted by atomic mass is 32.2. The lowest BCUT2D eigenvalue weighted by Gasteiger charge is -2.47. The number of benzene rings is 2. The van der Waals surface area contributed by atoms with Gasteiger partial charge in [-0.25, -0.2) is 4.79 Å². The van der Waals surface area contributed by atoms with E-state index in [0.717, 1.165) is 11.1 Å². The summed E-state index contributed by atoms with van der Waals surface area (Å²) >= 11 is 0. The zero-order valence-electron chi connectivity index (χ0n) is 17.2. The number of rotatable bonds is 4. The average molecular weight is 448 g/mol. The van der Waals surface area contributed by atoms with E-state index in [4.69, 9.17) is 18.9 Å². The summed E-state index contributed by atoms with van der Waals surface area (Å²) in [5.74, 6) is 0. The molecule has 2 aliphatic heterocycles. The summed E-state index contributed by atoms with van der Waals surface area (Å²) in [4.78, 5) is 12.5. The number of carbonyl (C=O) groups is 1. The molecule has 7 atom stereocenters. The molecular formula is C22H25NO7S. The van der Waals surface area contributed by atoms with Crippen LogP contribution in [0.15, 0.2) is 59.5 Å². The molecule has 0 aliphatic carbocycles. The third-order valence-corrected chi connectivity index (χ3v) is 6.93. The first-order valence-corrected chi connectivity index (χ1v) is 11.2. The Hall–Kier alpha value is -2.30. The third-order valence-electron chi connectivity index (χ3n) is 5.37. The Bertz CT molecular complexity index is 923. The normalized spacial score (nSPS) is 31.3. The summed E-state index contributed by atoms with van der Waals surface area (Å²) in [5.41, 5.74) is 0.810. The minimum absolute atomic E-state index is 0.147. The van der Waals surface area contributed by atoms with Crippen LogP contribution in [0.25, 0.3) is 0 Å².